The van der Waals surface area contributed by atoms with E-state index in [9.17, 15) is 14.7 Å². The molecular weight excluding hydrogens is 414 g/mol. The van der Waals surface area contributed by atoms with Crippen molar-refractivity contribution in [2.24, 2.45) is 0 Å². The molecule has 0 radical (unpaired) electrons. The van der Waals surface area contributed by atoms with E-state index in [1.54, 1.807) is 18.9 Å². The first-order valence-corrected chi connectivity index (χ1v) is 11.7. The average Bonchev–Trinajstić information content (AvgIpc) is 3.24. The van der Waals surface area contributed by atoms with Gasteiger partial charge >= 0.3 is 12.0 Å². The van der Waals surface area contributed by atoms with Crippen LogP contribution in [0.15, 0.2) is 29.6 Å². The summed E-state index contributed by atoms with van der Waals surface area (Å²) in [7, 11) is 1.75. The van der Waals surface area contributed by atoms with Gasteiger partial charge in [0.1, 0.15) is 0 Å². The lowest BCUT2D eigenvalue weighted by molar-refractivity contribution is -0.149. The number of amides is 2. The van der Waals surface area contributed by atoms with E-state index in [1.165, 1.54) is 30.6 Å². The molecule has 2 amide bonds. The number of nitrogens with zero attached hydrogens (tertiary/aromatic N) is 2. The predicted octanol–water partition coefficient (Wildman–Crippen LogP) is 4.96. The van der Waals surface area contributed by atoms with Crippen LogP contribution >= 0.6 is 11.3 Å². The molecule has 0 aliphatic rings. The van der Waals surface area contributed by atoms with Crippen LogP contribution in [0.5, 0.6) is 0 Å². The van der Waals surface area contributed by atoms with Gasteiger partial charge in [-0.3, -0.25) is 4.90 Å². The second-order valence-corrected chi connectivity index (χ2v) is 8.31. The van der Waals surface area contributed by atoms with Crippen LogP contribution in [0.1, 0.15) is 51.0 Å². The first-order valence-electron chi connectivity index (χ1n) is 10.9. The van der Waals surface area contributed by atoms with Crippen molar-refractivity contribution in [1.82, 2.24) is 10.3 Å². The van der Waals surface area contributed by atoms with E-state index in [0.29, 0.717) is 13.2 Å². The lowest BCUT2D eigenvalue weighted by Crippen LogP contribution is -2.37. The molecule has 1 aromatic carbocycles. The molecule has 0 aliphatic heterocycles. The van der Waals surface area contributed by atoms with E-state index < -0.39 is 12.1 Å². The van der Waals surface area contributed by atoms with Gasteiger partial charge in [-0.15, -0.1) is 11.3 Å². The summed E-state index contributed by atoms with van der Waals surface area (Å²) >= 11 is 1.42. The van der Waals surface area contributed by atoms with Crippen molar-refractivity contribution in [3.05, 3.63) is 34.7 Å². The average molecular weight is 448 g/mol. The summed E-state index contributed by atoms with van der Waals surface area (Å²) in [6, 6.07) is 7.49. The Labute approximate surface area is 188 Å². The molecule has 1 heterocycles. The highest BCUT2D eigenvalue weighted by molar-refractivity contribution is 7.10. The van der Waals surface area contributed by atoms with Gasteiger partial charge in [-0.2, -0.15) is 0 Å². The van der Waals surface area contributed by atoms with Crippen molar-refractivity contribution in [3.8, 4) is 11.3 Å². The lowest BCUT2D eigenvalue weighted by Gasteiger charge is -2.18. The number of benzene rings is 1. The zero-order valence-electron chi connectivity index (χ0n) is 18.6. The van der Waals surface area contributed by atoms with Crippen LogP contribution in [0.2, 0.25) is 0 Å². The van der Waals surface area contributed by atoms with E-state index in [0.717, 1.165) is 34.8 Å². The number of unbranched alkanes of at least 4 members (excludes halogenated alkanes) is 4. The first-order chi connectivity index (χ1) is 15.0. The Morgan fingerprint density at radius 3 is 2.52 bits per heavy atom. The Bertz CT molecular complexity index is 822. The fraction of sp³-hybridized carbons (Fsp3) is 0.522. The van der Waals surface area contributed by atoms with Crippen LogP contribution in [0.4, 0.5) is 10.5 Å². The van der Waals surface area contributed by atoms with Crippen LogP contribution in [-0.4, -0.2) is 48.4 Å². The third-order valence-corrected chi connectivity index (χ3v) is 5.84. The molecule has 0 fully saturated rings. The Balaban J connectivity index is 1.90. The summed E-state index contributed by atoms with van der Waals surface area (Å²) in [6.07, 6.45) is 5.16. The van der Waals surface area contributed by atoms with E-state index in [1.807, 2.05) is 29.6 Å². The van der Waals surface area contributed by atoms with Crippen molar-refractivity contribution in [1.29, 1.82) is 0 Å². The quantitative estimate of drug-likeness (QED) is 0.424. The predicted molar refractivity (Wildman–Crippen MR) is 125 cm³/mol. The highest BCUT2D eigenvalue weighted by Gasteiger charge is 2.20. The second kappa shape index (κ2) is 13.1. The third kappa shape index (κ3) is 7.95. The number of rotatable bonds is 13. The zero-order valence-corrected chi connectivity index (χ0v) is 19.4. The minimum absolute atomic E-state index is 0.116. The molecular formula is C23H33N3O4S. The van der Waals surface area contributed by atoms with Crippen molar-refractivity contribution in [3.63, 3.8) is 0 Å². The maximum absolute atomic E-state index is 12.3. The summed E-state index contributed by atoms with van der Waals surface area (Å²) in [5.74, 6) is -0.981. The second-order valence-electron chi connectivity index (χ2n) is 7.36. The fourth-order valence-corrected chi connectivity index (χ4v) is 3.97. The van der Waals surface area contributed by atoms with Crippen molar-refractivity contribution < 1.29 is 19.4 Å². The van der Waals surface area contributed by atoms with E-state index in [2.05, 4.69) is 17.2 Å². The summed E-state index contributed by atoms with van der Waals surface area (Å²) in [6.45, 7) is 4.99. The number of hydrogen-bond donors (Lipinski definition) is 2. The van der Waals surface area contributed by atoms with Crippen molar-refractivity contribution in [2.45, 2.75) is 58.5 Å². The molecule has 0 spiro atoms. The Morgan fingerprint density at radius 2 is 1.87 bits per heavy atom. The SMILES string of the molecule is CCCCCCCNC(=O)N(C)c1ccc(-c2csc(CC(OCC)C(=O)O)n2)cc1. The van der Waals surface area contributed by atoms with Gasteiger partial charge in [-0.1, -0.05) is 44.7 Å². The van der Waals surface area contributed by atoms with Gasteiger partial charge < -0.3 is 15.2 Å². The van der Waals surface area contributed by atoms with Crippen LogP contribution in [0.25, 0.3) is 11.3 Å². The number of carboxylic acid groups (broad SMARTS) is 1. The highest BCUT2D eigenvalue weighted by Crippen LogP contribution is 2.25. The largest absolute Gasteiger partial charge is 0.479 e. The standard InChI is InChI=1S/C23H33N3O4S/c1-4-6-7-8-9-14-24-23(29)26(3)18-12-10-17(11-13-18)19-16-31-21(25-19)15-20(22(27)28)30-5-2/h10-13,16,20H,4-9,14-15H2,1-3H3,(H,24,29)(H,27,28). The van der Waals surface area contributed by atoms with Crippen LogP contribution in [0, 0.1) is 0 Å². The van der Waals surface area contributed by atoms with E-state index >= 15 is 0 Å². The van der Waals surface area contributed by atoms with E-state index in [4.69, 9.17) is 4.74 Å². The Kier molecular flexibility index (Phi) is 10.5. The summed E-state index contributed by atoms with van der Waals surface area (Å²) in [5, 5.41) is 14.8. The highest BCUT2D eigenvalue weighted by atomic mass is 32.1. The number of hydrogen-bond acceptors (Lipinski definition) is 5. The summed E-state index contributed by atoms with van der Waals surface area (Å²) in [5.41, 5.74) is 2.50. The maximum atomic E-state index is 12.3. The van der Waals surface area contributed by atoms with Crippen LogP contribution < -0.4 is 10.2 Å². The van der Waals surface area contributed by atoms with E-state index in [-0.39, 0.29) is 12.5 Å². The number of carbonyl (C=O) groups is 2. The first kappa shape index (κ1) is 24.8. The van der Waals surface area contributed by atoms with Crippen LogP contribution in [0.3, 0.4) is 0 Å². The van der Waals surface area contributed by atoms with Gasteiger partial charge in [0.2, 0.25) is 0 Å². The molecule has 0 bridgehead atoms. The van der Waals surface area contributed by atoms with Crippen molar-refractivity contribution in [2.75, 3.05) is 25.1 Å². The normalized spacial score (nSPS) is 11.8. The molecule has 0 saturated carbocycles. The van der Waals surface area contributed by atoms with Gasteiger partial charge in [0.25, 0.3) is 0 Å². The van der Waals surface area contributed by atoms with Gasteiger partial charge in [0, 0.05) is 43.3 Å². The molecule has 2 rings (SSSR count). The molecule has 170 valence electrons. The van der Waals surface area contributed by atoms with Gasteiger partial charge in [0.15, 0.2) is 6.10 Å². The van der Waals surface area contributed by atoms with Gasteiger partial charge in [-0.05, 0) is 25.5 Å². The molecule has 2 aromatic rings. The number of anilines is 1. The molecule has 2 N–H and O–H groups in total. The number of aliphatic carboxylic acids is 1. The molecule has 1 atom stereocenters. The fourth-order valence-electron chi connectivity index (χ4n) is 3.13. The lowest BCUT2D eigenvalue weighted by atomic mass is 10.1. The molecule has 0 aliphatic carbocycles. The number of aromatic nitrogens is 1. The summed E-state index contributed by atoms with van der Waals surface area (Å²) < 4.78 is 5.26. The number of carboxylic acids is 1. The minimum Gasteiger partial charge on any atom is -0.479 e. The number of urea groups is 1. The molecule has 1 aromatic heterocycles. The van der Waals surface area contributed by atoms with Gasteiger partial charge in [-0.25, -0.2) is 14.6 Å². The molecule has 8 heteroatoms. The topological polar surface area (TPSA) is 91.8 Å². The number of nitrogens with one attached hydrogen (secondary N) is 1. The minimum atomic E-state index is -0.981. The molecule has 1 unspecified atom stereocenters. The summed E-state index contributed by atoms with van der Waals surface area (Å²) in [4.78, 5) is 29.8. The number of thiazole rings is 1. The molecule has 31 heavy (non-hydrogen) atoms. The molecule has 0 saturated heterocycles. The number of ether oxygens (including phenoxy) is 1. The monoisotopic (exact) mass is 447 g/mol. The maximum Gasteiger partial charge on any atom is 0.333 e. The van der Waals surface area contributed by atoms with Gasteiger partial charge in [0.05, 0.1) is 10.7 Å². The third-order valence-electron chi connectivity index (χ3n) is 4.97. The van der Waals surface area contributed by atoms with Crippen LogP contribution in [-0.2, 0) is 16.0 Å². The molecule has 7 nitrogen and oxygen atoms in total. The number of carbonyl (C=O) groups excluding carboxylic acids is 1. The Hall–Kier alpha value is -2.45. The zero-order chi connectivity index (χ0) is 22.6. The Morgan fingerprint density at radius 1 is 1.16 bits per heavy atom. The smallest absolute Gasteiger partial charge is 0.333 e. The van der Waals surface area contributed by atoms with Crippen molar-refractivity contribution >= 4 is 29.0 Å².